The number of nitrogens with zero attached hydrogens (tertiary/aromatic N) is 3. The van der Waals surface area contributed by atoms with Crippen LogP contribution in [0.5, 0.6) is 0 Å². The zero-order chi connectivity index (χ0) is 11.1. The van der Waals surface area contributed by atoms with Crippen LogP contribution < -0.4 is 0 Å². The first-order chi connectivity index (χ1) is 7.25. The molecule has 0 bridgehead atoms. The van der Waals surface area contributed by atoms with Gasteiger partial charge in [0, 0.05) is 0 Å². The number of hydrogen-bond donors (Lipinski definition) is 1. The topological polar surface area (TPSA) is 50.9 Å². The molecule has 4 nitrogen and oxygen atoms in total. The van der Waals surface area contributed by atoms with Crippen molar-refractivity contribution in [1.29, 1.82) is 0 Å². The molecule has 2 unspecified atom stereocenters. The molecule has 1 heterocycles. The van der Waals surface area contributed by atoms with Gasteiger partial charge in [0.2, 0.25) is 0 Å². The second-order valence-corrected chi connectivity index (χ2v) is 4.01. The molecule has 1 aromatic heterocycles. The zero-order valence-electron chi connectivity index (χ0n) is 9.63. The summed E-state index contributed by atoms with van der Waals surface area (Å²) in [5.74, 6) is 0. The summed E-state index contributed by atoms with van der Waals surface area (Å²) in [6.07, 6.45) is 8.72. The van der Waals surface area contributed by atoms with Gasteiger partial charge >= 0.3 is 0 Å². The molecule has 0 aliphatic rings. The van der Waals surface area contributed by atoms with Crippen LogP contribution in [0.15, 0.2) is 12.4 Å². The van der Waals surface area contributed by atoms with Crippen molar-refractivity contribution < 1.29 is 5.11 Å². The average molecular weight is 211 g/mol. The summed E-state index contributed by atoms with van der Waals surface area (Å²) in [7, 11) is 0. The quantitative estimate of drug-likeness (QED) is 0.703. The Labute approximate surface area is 91.3 Å². The molecule has 0 saturated heterocycles. The maximum Gasteiger partial charge on any atom is 0.0971 e. The molecule has 86 valence electrons. The van der Waals surface area contributed by atoms with Crippen molar-refractivity contribution in [3.05, 3.63) is 12.4 Å². The van der Waals surface area contributed by atoms with Crippen molar-refractivity contribution in [1.82, 2.24) is 15.0 Å². The van der Waals surface area contributed by atoms with Crippen molar-refractivity contribution in [3.63, 3.8) is 0 Å². The van der Waals surface area contributed by atoms with E-state index in [0.29, 0.717) is 0 Å². The van der Waals surface area contributed by atoms with Crippen LogP contribution in [-0.4, -0.2) is 26.2 Å². The summed E-state index contributed by atoms with van der Waals surface area (Å²) in [5.41, 5.74) is 0. The van der Waals surface area contributed by atoms with Gasteiger partial charge in [-0.1, -0.05) is 32.6 Å². The van der Waals surface area contributed by atoms with E-state index in [0.717, 1.165) is 12.8 Å². The molecule has 2 atom stereocenters. The molecule has 0 aliphatic heterocycles. The van der Waals surface area contributed by atoms with Crippen LogP contribution in [0.4, 0.5) is 0 Å². The molecule has 4 heteroatoms. The molecule has 0 radical (unpaired) electrons. The second kappa shape index (κ2) is 6.56. The van der Waals surface area contributed by atoms with Crippen LogP contribution >= 0.6 is 0 Å². The SMILES string of the molecule is CCCCCCC(C(C)O)n1nccn1. The number of aromatic nitrogens is 3. The van der Waals surface area contributed by atoms with Gasteiger partial charge in [-0.3, -0.25) is 0 Å². The van der Waals surface area contributed by atoms with E-state index >= 15 is 0 Å². The van der Waals surface area contributed by atoms with E-state index in [1.165, 1.54) is 19.3 Å². The molecule has 0 aromatic carbocycles. The Morgan fingerprint density at radius 1 is 1.20 bits per heavy atom. The van der Waals surface area contributed by atoms with Gasteiger partial charge in [0.25, 0.3) is 0 Å². The number of hydrogen-bond acceptors (Lipinski definition) is 3. The first-order valence-corrected chi connectivity index (χ1v) is 5.79. The molecule has 0 spiro atoms. The largest absolute Gasteiger partial charge is 0.391 e. The van der Waals surface area contributed by atoms with Crippen molar-refractivity contribution >= 4 is 0 Å². The van der Waals surface area contributed by atoms with Gasteiger partial charge in [-0.25, -0.2) is 0 Å². The van der Waals surface area contributed by atoms with Crippen molar-refractivity contribution in [2.45, 2.75) is 58.1 Å². The van der Waals surface area contributed by atoms with Crippen LogP contribution in [0, 0.1) is 0 Å². The Hall–Kier alpha value is -0.900. The summed E-state index contributed by atoms with van der Waals surface area (Å²) < 4.78 is 0. The highest BCUT2D eigenvalue weighted by atomic mass is 16.3. The van der Waals surface area contributed by atoms with Crippen LogP contribution in [0.2, 0.25) is 0 Å². The number of aliphatic hydroxyl groups is 1. The van der Waals surface area contributed by atoms with Crippen LogP contribution in [0.1, 0.15) is 52.0 Å². The fourth-order valence-corrected chi connectivity index (χ4v) is 1.73. The van der Waals surface area contributed by atoms with Crippen molar-refractivity contribution in [2.75, 3.05) is 0 Å². The Morgan fingerprint density at radius 2 is 1.87 bits per heavy atom. The lowest BCUT2D eigenvalue weighted by Crippen LogP contribution is -2.23. The average Bonchev–Trinajstić information content (AvgIpc) is 2.70. The summed E-state index contributed by atoms with van der Waals surface area (Å²) >= 11 is 0. The van der Waals surface area contributed by atoms with E-state index in [2.05, 4.69) is 17.1 Å². The Bertz CT molecular complexity index is 246. The predicted octanol–water partition coefficient (Wildman–Crippen LogP) is 2.17. The Balaban J connectivity index is 2.39. The minimum atomic E-state index is -0.390. The highest BCUT2D eigenvalue weighted by Crippen LogP contribution is 2.18. The predicted molar refractivity (Wildman–Crippen MR) is 59.5 cm³/mol. The maximum atomic E-state index is 9.64. The monoisotopic (exact) mass is 211 g/mol. The first kappa shape index (κ1) is 12.2. The van der Waals surface area contributed by atoms with Crippen LogP contribution in [0.3, 0.4) is 0 Å². The molecule has 0 aliphatic carbocycles. The number of rotatable bonds is 7. The molecule has 1 N–H and O–H groups in total. The molecular formula is C11H21N3O. The normalized spacial score (nSPS) is 15.1. The standard InChI is InChI=1S/C11H21N3O/c1-3-4-5-6-7-11(10(2)15)14-12-8-9-13-14/h8-11,15H,3-7H2,1-2H3. The summed E-state index contributed by atoms with van der Waals surface area (Å²) in [5, 5.41) is 17.8. The van der Waals surface area contributed by atoms with Gasteiger partial charge in [-0.15, -0.1) is 0 Å². The van der Waals surface area contributed by atoms with E-state index in [4.69, 9.17) is 0 Å². The van der Waals surface area contributed by atoms with Crippen LogP contribution in [0.25, 0.3) is 0 Å². The van der Waals surface area contributed by atoms with Gasteiger partial charge in [-0.2, -0.15) is 15.0 Å². The highest BCUT2D eigenvalue weighted by Gasteiger charge is 2.17. The van der Waals surface area contributed by atoms with Gasteiger partial charge in [0.1, 0.15) is 0 Å². The molecule has 0 saturated carbocycles. The molecule has 1 aromatic rings. The summed E-state index contributed by atoms with van der Waals surface area (Å²) in [6.45, 7) is 4.00. The molecule has 0 fully saturated rings. The number of unbranched alkanes of at least 4 members (excludes halogenated alkanes) is 3. The van der Waals surface area contributed by atoms with E-state index in [1.807, 2.05) is 0 Å². The van der Waals surface area contributed by atoms with E-state index in [-0.39, 0.29) is 12.1 Å². The smallest absolute Gasteiger partial charge is 0.0971 e. The maximum absolute atomic E-state index is 9.64. The van der Waals surface area contributed by atoms with E-state index in [1.54, 1.807) is 24.1 Å². The van der Waals surface area contributed by atoms with Gasteiger partial charge in [0.15, 0.2) is 0 Å². The molecular weight excluding hydrogens is 190 g/mol. The van der Waals surface area contributed by atoms with Gasteiger partial charge in [-0.05, 0) is 13.3 Å². The third kappa shape index (κ3) is 4.00. The summed E-state index contributed by atoms with van der Waals surface area (Å²) in [4.78, 5) is 1.62. The van der Waals surface area contributed by atoms with Gasteiger partial charge in [0.05, 0.1) is 24.5 Å². The van der Waals surface area contributed by atoms with Crippen LogP contribution in [-0.2, 0) is 0 Å². The van der Waals surface area contributed by atoms with Crippen molar-refractivity contribution in [2.24, 2.45) is 0 Å². The first-order valence-electron chi connectivity index (χ1n) is 5.79. The van der Waals surface area contributed by atoms with E-state index < -0.39 is 0 Å². The lowest BCUT2D eigenvalue weighted by Gasteiger charge is -2.18. The highest BCUT2D eigenvalue weighted by molar-refractivity contribution is 4.71. The van der Waals surface area contributed by atoms with Gasteiger partial charge < -0.3 is 5.11 Å². The third-order valence-corrected chi connectivity index (χ3v) is 2.64. The Kier molecular flexibility index (Phi) is 5.32. The minimum absolute atomic E-state index is 0.0249. The fourth-order valence-electron chi connectivity index (χ4n) is 1.73. The lowest BCUT2D eigenvalue weighted by molar-refractivity contribution is 0.107. The third-order valence-electron chi connectivity index (χ3n) is 2.64. The fraction of sp³-hybridized carbons (Fsp3) is 0.818. The second-order valence-electron chi connectivity index (χ2n) is 4.01. The zero-order valence-corrected chi connectivity index (χ0v) is 9.63. The minimum Gasteiger partial charge on any atom is -0.391 e. The number of aliphatic hydroxyl groups excluding tert-OH is 1. The molecule has 0 amide bonds. The Morgan fingerprint density at radius 3 is 2.40 bits per heavy atom. The van der Waals surface area contributed by atoms with E-state index in [9.17, 15) is 5.11 Å². The van der Waals surface area contributed by atoms with Crippen molar-refractivity contribution in [3.8, 4) is 0 Å². The lowest BCUT2D eigenvalue weighted by atomic mass is 10.0. The summed E-state index contributed by atoms with van der Waals surface area (Å²) in [6, 6.07) is 0.0249. The molecule has 1 rings (SSSR count). The molecule has 15 heavy (non-hydrogen) atoms.